The lowest BCUT2D eigenvalue weighted by Crippen LogP contribution is -2.17. The molecule has 0 aliphatic carbocycles. The van der Waals surface area contributed by atoms with Crippen molar-refractivity contribution in [1.29, 1.82) is 0 Å². The summed E-state index contributed by atoms with van der Waals surface area (Å²) < 4.78 is 7.83. The van der Waals surface area contributed by atoms with Gasteiger partial charge in [-0.1, -0.05) is 11.6 Å². The lowest BCUT2D eigenvalue weighted by molar-refractivity contribution is 0.457. The first kappa shape index (κ1) is 11.7. The highest BCUT2D eigenvalue weighted by Crippen LogP contribution is 2.28. The van der Waals surface area contributed by atoms with Gasteiger partial charge >= 0.3 is 0 Å². The van der Waals surface area contributed by atoms with Crippen LogP contribution in [0.15, 0.2) is 27.4 Å². The van der Waals surface area contributed by atoms with Crippen molar-refractivity contribution >= 4 is 27.5 Å². The van der Waals surface area contributed by atoms with E-state index >= 15 is 0 Å². The number of furan rings is 1. The second-order valence-corrected chi connectivity index (χ2v) is 4.50. The van der Waals surface area contributed by atoms with Crippen molar-refractivity contribution in [3.8, 4) is 0 Å². The largest absolute Gasteiger partial charge is 0.452 e. The standard InChI is InChI=1S/C10H11BrClN3O/c1-2-15-10(6(12)5-14-15)9(13)7-3-4-8(11)16-7/h3-5,9H,2,13H2,1H3. The highest BCUT2D eigenvalue weighted by Gasteiger charge is 2.20. The van der Waals surface area contributed by atoms with Gasteiger partial charge in [0.15, 0.2) is 4.67 Å². The molecule has 0 amide bonds. The third-order valence-corrected chi connectivity index (χ3v) is 3.05. The Morgan fingerprint density at radius 3 is 2.94 bits per heavy atom. The number of nitrogens with zero attached hydrogens (tertiary/aromatic N) is 2. The van der Waals surface area contributed by atoms with Crippen LogP contribution in [0.4, 0.5) is 0 Å². The number of aryl methyl sites for hydroxylation is 1. The van der Waals surface area contributed by atoms with Gasteiger partial charge in [0.2, 0.25) is 0 Å². The number of hydrogen-bond donors (Lipinski definition) is 1. The van der Waals surface area contributed by atoms with Crippen LogP contribution in [0.25, 0.3) is 0 Å². The van der Waals surface area contributed by atoms with E-state index in [9.17, 15) is 0 Å². The lowest BCUT2D eigenvalue weighted by Gasteiger charge is -2.11. The molecule has 0 saturated heterocycles. The van der Waals surface area contributed by atoms with Gasteiger partial charge in [0.25, 0.3) is 0 Å². The summed E-state index contributed by atoms with van der Waals surface area (Å²) in [7, 11) is 0. The molecule has 0 aliphatic heterocycles. The summed E-state index contributed by atoms with van der Waals surface area (Å²) in [6.45, 7) is 2.70. The van der Waals surface area contributed by atoms with Gasteiger partial charge < -0.3 is 10.2 Å². The topological polar surface area (TPSA) is 57.0 Å². The molecule has 16 heavy (non-hydrogen) atoms. The van der Waals surface area contributed by atoms with Gasteiger partial charge in [-0.2, -0.15) is 5.10 Å². The first-order valence-electron chi connectivity index (χ1n) is 4.85. The van der Waals surface area contributed by atoms with E-state index < -0.39 is 6.04 Å². The number of hydrogen-bond acceptors (Lipinski definition) is 3. The van der Waals surface area contributed by atoms with Crippen molar-refractivity contribution in [1.82, 2.24) is 9.78 Å². The molecule has 86 valence electrons. The third-order valence-electron chi connectivity index (χ3n) is 2.33. The van der Waals surface area contributed by atoms with Gasteiger partial charge in [0.1, 0.15) is 11.8 Å². The molecule has 2 N–H and O–H groups in total. The van der Waals surface area contributed by atoms with Crippen LogP contribution in [-0.2, 0) is 6.54 Å². The molecule has 4 nitrogen and oxygen atoms in total. The summed E-state index contributed by atoms with van der Waals surface area (Å²) in [5.74, 6) is 0.656. The van der Waals surface area contributed by atoms with Crippen molar-refractivity contribution in [2.45, 2.75) is 19.5 Å². The number of rotatable bonds is 3. The van der Waals surface area contributed by atoms with Crippen LogP contribution in [-0.4, -0.2) is 9.78 Å². The maximum Gasteiger partial charge on any atom is 0.169 e. The molecule has 2 rings (SSSR count). The minimum atomic E-state index is -0.402. The van der Waals surface area contributed by atoms with Crippen molar-refractivity contribution in [2.75, 3.05) is 0 Å². The molecule has 0 saturated carbocycles. The Kier molecular flexibility index (Phi) is 3.37. The minimum Gasteiger partial charge on any atom is -0.452 e. The molecule has 2 aromatic heterocycles. The van der Waals surface area contributed by atoms with Crippen molar-refractivity contribution < 1.29 is 4.42 Å². The van der Waals surface area contributed by atoms with Crippen LogP contribution in [0.5, 0.6) is 0 Å². The Labute approximate surface area is 106 Å². The van der Waals surface area contributed by atoms with E-state index in [1.54, 1.807) is 16.9 Å². The first-order valence-corrected chi connectivity index (χ1v) is 6.02. The van der Waals surface area contributed by atoms with Gasteiger partial charge in [0, 0.05) is 6.54 Å². The van der Waals surface area contributed by atoms with Gasteiger partial charge in [-0.15, -0.1) is 0 Å². The van der Waals surface area contributed by atoms with E-state index in [1.807, 2.05) is 13.0 Å². The summed E-state index contributed by atoms with van der Waals surface area (Å²) in [5, 5.41) is 4.70. The molecule has 1 unspecified atom stereocenters. The fourth-order valence-electron chi connectivity index (χ4n) is 1.56. The highest BCUT2D eigenvalue weighted by atomic mass is 79.9. The molecule has 0 bridgehead atoms. The molecular formula is C10H11BrClN3O. The predicted molar refractivity (Wildman–Crippen MR) is 65.3 cm³/mol. The Morgan fingerprint density at radius 2 is 2.38 bits per heavy atom. The molecular weight excluding hydrogens is 293 g/mol. The lowest BCUT2D eigenvalue weighted by atomic mass is 10.1. The molecule has 2 heterocycles. The second-order valence-electron chi connectivity index (χ2n) is 3.31. The zero-order valence-electron chi connectivity index (χ0n) is 8.65. The molecule has 0 radical (unpaired) electrons. The fraction of sp³-hybridized carbons (Fsp3) is 0.300. The Morgan fingerprint density at radius 1 is 1.62 bits per heavy atom. The summed E-state index contributed by atoms with van der Waals surface area (Å²) in [5.41, 5.74) is 6.86. The molecule has 0 fully saturated rings. The molecule has 0 spiro atoms. The highest BCUT2D eigenvalue weighted by molar-refractivity contribution is 9.10. The summed E-state index contributed by atoms with van der Waals surface area (Å²) in [4.78, 5) is 0. The fourth-order valence-corrected chi connectivity index (χ4v) is 2.14. The number of nitrogens with two attached hydrogens (primary N) is 1. The molecule has 1 atom stereocenters. The average molecular weight is 305 g/mol. The van der Waals surface area contributed by atoms with Crippen LogP contribution < -0.4 is 5.73 Å². The van der Waals surface area contributed by atoms with Crippen LogP contribution in [0.3, 0.4) is 0 Å². The number of halogens is 2. The van der Waals surface area contributed by atoms with Gasteiger partial charge in [-0.25, -0.2) is 0 Å². The average Bonchev–Trinajstić information content (AvgIpc) is 2.83. The molecule has 6 heteroatoms. The molecule has 0 aromatic carbocycles. The summed E-state index contributed by atoms with van der Waals surface area (Å²) in [6, 6.07) is 3.22. The van der Waals surface area contributed by atoms with Crippen molar-refractivity contribution in [2.24, 2.45) is 5.73 Å². The smallest absolute Gasteiger partial charge is 0.169 e. The molecule has 0 aliphatic rings. The maximum atomic E-state index is 6.09. The SMILES string of the molecule is CCn1ncc(Cl)c1C(N)c1ccc(Br)o1. The zero-order chi connectivity index (χ0) is 11.7. The minimum absolute atomic E-state index is 0.402. The van der Waals surface area contributed by atoms with Crippen LogP contribution in [0, 0.1) is 0 Å². The zero-order valence-corrected chi connectivity index (χ0v) is 11.0. The predicted octanol–water partition coefficient (Wildman–Crippen LogP) is 2.96. The van der Waals surface area contributed by atoms with Gasteiger partial charge in [-0.3, -0.25) is 4.68 Å². The normalized spacial score (nSPS) is 13.0. The van der Waals surface area contributed by atoms with Gasteiger partial charge in [0.05, 0.1) is 16.9 Å². The van der Waals surface area contributed by atoms with E-state index in [0.717, 1.165) is 12.2 Å². The first-order chi connectivity index (χ1) is 7.63. The summed E-state index contributed by atoms with van der Waals surface area (Å²) >= 11 is 9.30. The van der Waals surface area contributed by atoms with Crippen LogP contribution >= 0.6 is 27.5 Å². The van der Waals surface area contributed by atoms with Crippen LogP contribution in [0.1, 0.15) is 24.4 Å². The van der Waals surface area contributed by atoms with Crippen LogP contribution in [0.2, 0.25) is 5.02 Å². The Hall–Kier alpha value is -0.780. The van der Waals surface area contributed by atoms with E-state index in [2.05, 4.69) is 21.0 Å². The van der Waals surface area contributed by atoms with Gasteiger partial charge in [-0.05, 0) is 35.0 Å². The monoisotopic (exact) mass is 303 g/mol. The van der Waals surface area contributed by atoms with Crippen molar-refractivity contribution in [3.05, 3.63) is 39.5 Å². The summed E-state index contributed by atoms with van der Waals surface area (Å²) in [6.07, 6.45) is 1.60. The van der Waals surface area contributed by atoms with E-state index in [-0.39, 0.29) is 0 Å². The van der Waals surface area contributed by atoms with E-state index in [0.29, 0.717) is 15.5 Å². The Bertz CT molecular complexity index is 494. The maximum absolute atomic E-state index is 6.09. The third kappa shape index (κ3) is 2.03. The van der Waals surface area contributed by atoms with E-state index in [1.165, 1.54) is 0 Å². The van der Waals surface area contributed by atoms with E-state index in [4.69, 9.17) is 21.8 Å². The quantitative estimate of drug-likeness (QED) is 0.948. The molecule has 2 aromatic rings. The van der Waals surface area contributed by atoms with Crippen molar-refractivity contribution in [3.63, 3.8) is 0 Å². The Balaban J connectivity index is 2.40. The second kappa shape index (κ2) is 4.61. The number of aromatic nitrogens is 2.